The van der Waals surface area contributed by atoms with Crippen molar-refractivity contribution >= 4 is 5.91 Å². The molecule has 0 spiro atoms. The number of methoxy groups -OCH3 is 2. The van der Waals surface area contributed by atoms with Gasteiger partial charge in [-0.05, 0) is 12.1 Å². The van der Waals surface area contributed by atoms with E-state index in [0.29, 0.717) is 49.9 Å². The molecule has 0 N–H and O–H groups in total. The van der Waals surface area contributed by atoms with Crippen molar-refractivity contribution in [2.45, 2.75) is 12.6 Å². The van der Waals surface area contributed by atoms with Gasteiger partial charge in [-0.1, -0.05) is 0 Å². The maximum Gasteiger partial charge on any atom is 0.254 e. The number of carbonyl (C=O) groups is 1. The normalized spacial score (nSPS) is 22.1. The number of aromatic nitrogens is 2. The average molecular weight is 398 g/mol. The summed E-state index contributed by atoms with van der Waals surface area (Å²) in [6, 6.07) is 5.41. The number of carbonyl (C=O) groups excluding carboxylic acids is 1. The highest BCUT2D eigenvalue weighted by Crippen LogP contribution is 2.31. The third kappa shape index (κ3) is 4.18. The van der Waals surface area contributed by atoms with Crippen LogP contribution in [-0.4, -0.2) is 78.8 Å². The van der Waals surface area contributed by atoms with Crippen molar-refractivity contribution in [3.8, 4) is 11.5 Å². The Kier molecular flexibility index (Phi) is 5.92. The lowest BCUT2D eigenvalue weighted by molar-refractivity contribution is 0.0404. The molecule has 2 aromatic heterocycles. The molecule has 0 unspecified atom stereocenters. The molecule has 1 amide bonds. The van der Waals surface area contributed by atoms with Crippen LogP contribution in [0.3, 0.4) is 0 Å². The van der Waals surface area contributed by atoms with Gasteiger partial charge < -0.3 is 19.1 Å². The fourth-order valence-corrected chi connectivity index (χ4v) is 4.12. The first kappa shape index (κ1) is 19.6. The van der Waals surface area contributed by atoms with Gasteiger partial charge in [-0.15, -0.1) is 0 Å². The lowest BCUT2D eigenvalue weighted by atomic mass is 10.1. The zero-order valence-electron chi connectivity index (χ0n) is 16.8. The largest absolute Gasteiger partial charge is 0.493 e. The highest BCUT2D eigenvalue weighted by atomic mass is 16.5. The number of amides is 1. The van der Waals surface area contributed by atoms with E-state index in [9.17, 15) is 4.79 Å². The molecule has 2 aromatic rings. The van der Waals surface area contributed by atoms with Gasteiger partial charge in [0.05, 0.1) is 33.5 Å². The second kappa shape index (κ2) is 8.75. The first-order valence-electron chi connectivity index (χ1n) is 9.76. The fourth-order valence-electron chi connectivity index (χ4n) is 4.12. The maximum atomic E-state index is 13.0. The van der Waals surface area contributed by atoms with Crippen molar-refractivity contribution in [3.63, 3.8) is 0 Å². The zero-order valence-corrected chi connectivity index (χ0v) is 16.8. The molecule has 0 saturated carbocycles. The summed E-state index contributed by atoms with van der Waals surface area (Å²) in [4.78, 5) is 25.9. The van der Waals surface area contributed by atoms with E-state index in [1.807, 2.05) is 4.90 Å². The molecule has 0 radical (unpaired) electrons. The minimum absolute atomic E-state index is 0.0447. The van der Waals surface area contributed by atoms with Crippen LogP contribution in [0.4, 0.5) is 0 Å². The van der Waals surface area contributed by atoms with Crippen LogP contribution in [0.5, 0.6) is 11.5 Å². The van der Waals surface area contributed by atoms with E-state index < -0.39 is 0 Å². The Labute approximate surface area is 170 Å². The SMILES string of the molecule is COc1ccnc(CN2C[C@H]3COC[C@@H]2CN(C(=O)c2ccncc2)C3)c1OC. The molecule has 2 fully saturated rings. The minimum atomic E-state index is 0.0447. The number of hydrogen-bond acceptors (Lipinski definition) is 7. The van der Waals surface area contributed by atoms with Crippen LogP contribution in [0.1, 0.15) is 16.1 Å². The van der Waals surface area contributed by atoms with Gasteiger partial charge in [-0.25, -0.2) is 0 Å². The summed E-state index contributed by atoms with van der Waals surface area (Å²) in [5, 5.41) is 0. The Balaban J connectivity index is 1.56. The summed E-state index contributed by atoms with van der Waals surface area (Å²) in [5.41, 5.74) is 1.50. The van der Waals surface area contributed by atoms with Crippen LogP contribution < -0.4 is 9.47 Å². The van der Waals surface area contributed by atoms with Crippen LogP contribution in [-0.2, 0) is 11.3 Å². The lowest BCUT2D eigenvalue weighted by Crippen LogP contribution is -2.45. The number of hydrogen-bond donors (Lipinski definition) is 0. The molecule has 2 atom stereocenters. The van der Waals surface area contributed by atoms with Crippen molar-refractivity contribution in [2.75, 3.05) is 47.1 Å². The van der Waals surface area contributed by atoms with Crippen molar-refractivity contribution < 1.29 is 19.0 Å². The quantitative estimate of drug-likeness (QED) is 0.755. The monoisotopic (exact) mass is 398 g/mol. The standard InChI is InChI=1S/C21H26N4O4/c1-27-19-5-8-23-18(20(19)28-2)12-24-9-15-10-25(11-17(24)14-29-13-15)21(26)16-3-6-22-7-4-16/h3-8,15,17H,9-14H2,1-2H3/t15-,17+/m1/s1. The molecule has 8 heteroatoms. The van der Waals surface area contributed by atoms with E-state index in [4.69, 9.17) is 14.2 Å². The number of nitrogens with zero attached hydrogens (tertiary/aromatic N) is 4. The molecule has 0 aliphatic carbocycles. The van der Waals surface area contributed by atoms with Gasteiger partial charge >= 0.3 is 0 Å². The Morgan fingerprint density at radius 2 is 1.93 bits per heavy atom. The van der Waals surface area contributed by atoms with Gasteiger partial charge in [-0.3, -0.25) is 19.7 Å². The van der Waals surface area contributed by atoms with E-state index in [-0.39, 0.29) is 17.9 Å². The molecule has 2 saturated heterocycles. The van der Waals surface area contributed by atoms with Gasteiger partial charge in [0.25, 0.3) is 5.91 Å². The van der Waals surface area contributed by atoms with E-state index in [0.717, 1.165) is 12.2 Å². The number of fused-ring (bicyclic) bond motifs is 3. The molecule has 0 aromatic carbocycles. The van der Waals surface area contributed by atoms with Crippen molar-refractivity contribution in [1.29, 1.82) is 0 Å². The maximum absolute atomic E-state index is 13.0. The van der Waals surface area contributed by atoms with Crippen molar-refractivity contribution in [3.05, 3.63) is 48.0 Å². The van der Waals surface area contributed by atoms with Gasteiger partial charge in [0.1, 0.15) is 5.69 Å². The Bertz CT molecular complexity index is 848. The molecule has 4 rings (SSSR count). The minimum Gasteiger partial charge on any atom is -0.493 e. The second-order valence-electron chi connectivity index (χ2n) is 7.43. The van der Waals surface area contributed by atoms with Crippen LogP contribution in [0.25, 0.3) is 0 Å². The Morgan fingerprint density at radius 1 is 1.10 bits per heavy atom. The number of pyridine rings is 2. The highest BCUT2D eigenvalue weighted by molar-refractivity contribution is 5.94. The lowest BCUT2D eigenvalue weighted by Gasteiger charge is -2.31. The fraction of sp³-hybridized carbons (Fsp3) is 0.476. The van der Waals surface area contributed by atoms with E-state index in [2.05, 4.69) is 14.9 Å². The van der Waals surface area contributed by atoms with Crippen LogP contribution >= 0.6 is 0 Å². The summed E-state index contributed by atoms with van der Waals surface area (Å²) in [6.45, 7) is 3.98. The molecule has 4 heterocycles. The molecular weight excluding hydrogens is 372 g/mol. The molecule has 29 heavy (non-hydrogen) atoms. The number of ether oxygens (including phenoxy) is 3. The molecule has 8 nitrogen and oxygen atoms in total. The van der Waals surface area contributed by atoms with Crippen molar-refractivity contribution in [2.24, 2.45) is 5.92 Å². The zero-order chi connectivity index (χ0) is 20.2. The third-order valence-electron chi connectivity index (χ3n) is 5.52. The first-order valence-corrected chi connectivity index (χ1v) is 9.76. The highest BCUT2D eigenvalue weighted by Gasteiger charge is 2.36. The first-order chi connectivity index (χ1) is 14.2. The Morgan fingerprint density at radius 3 is 2.69 bits per heavy atom. The molecule has 2 bridgehead atoms. The summed E-state index contributed by atoms with van der Waals surface area (Å²) >= 11 is 0. The molecule has 2 aliphatic rings. The molecule has 154 valence electrons. The Hall–Kier alpha value is -2.71. The average Bonchev–Trinajstić information content (AvgIpc) is 3.03. The van der Waals surface area contributed by atoms with E-state index >= 15 is 0 Å². The predicted octanol–water partition coefficient (Wildman–Crippen LogP) is 1.47. The summed E-state index contributed by atoms with van der Waals surface area (Å²) in [6.07, 6.45) is 5.04. The predicted molar refractivity (Wildman–Crippen MR) is 106 cm³/mol. The van der Waals surface area contributed by atoms with Crippen LogP contribution in [0, 0.1) is 5.92 Å². The van der Waals surface area contributed by atoms with Crippen LogP contribution in [0.15, 0.2) is 36.8 Å². The van der Waals surface area contributed by atoms with Gasteiger partial charge in [0.15, 0.2) is 11.5 Å². The van der Waals surface area contributed by atoms with Gasteiger partial charge in [-0.2, -0.15) is 0 Å². The van der Waals surface area contributed by atoms with E-state index in [1.54, 1.807) is 51.0 Å². The molecule has 2 aliphatic heterocycles. The summed E-state index contributed by atoms with van der Waals surface area (Å²) in [7, 11) is 3.25. The summed E-state index contributed by atoms with van der Waals surface area (Å²) in [5.74, 6) is 1.61. The smallest absolute Gasteiger partial charge is 0.254 e. The third-order valence-corrected chi connectivity index (χ3v) is 5.52. The van der Waals surface area contributed by atoms with Crippen LogP contribution in [0.2, 0.25) is 0 Å². The summed E-state index contributed by atoms with van der Waals surface area (Å²) < 4.78 is 16.9. The molecular formula is C21H26N4O4. The van der Waals surface area contributed by atoms with Crippen molar-refractivity contribution in [1.82, 2.24) is 19.8 Å². The van der Waals surface area contributed by atoms with Gasteiger partial charge in [0.2, 0.25) is 0 Å². The second-order valence-corrected chi connectivity index (χ2v) is 7.43. The number of rotatable bonds is 5. The van der Waals surface area contributed by atoms with Gasteiger partial charge in [0, 0.05) is 62.3 Å². The topological polar surface area (TPSA) is 77.0 Å². The van der Waals surface area contributed by atoms with E-state index in [1.165, 1.54) is 0 Å².